The van der Waals surface area contributed by atoms with Crippen LogP contribution in [0.1, 0.15) is 0 Å². The molecule has 0 N–H and O–H groups in total. The molecule has 0 aliphatic heterocycles. The van der Waals surface area contributed by atoms with Gasteiger partial charge in [-0.25, -0.2) is 0 Å². The van der Waals surface area contributed by atoms with Crippen molar-refractivity contribution in [2.24, 2.45) is 0 Å². The van der Waals surface area contributed by atoms with Gasteiger partial charge in [0.15, 0.2) is 0 Å². The molecule has 0 aliphatic carbocycles. The van der Waals surface area contributed by atoms with E-state index in [9.17, 15) is 0 Å². The van der Waals surface area contributed by atoms with Crippen molar-refractivity contribution in [2.75, 3.05) is 16.8 Å². The van der Waals surface area contributed by atoms with Crippen LogP contribution in [-0.2, 0) is 0 Å². The molecule has 0 spiro atoms. The highest BCUT2D eigenvalue weighted by Crippen LogP contribution is 2.45. The monoisotopic (exact) mass is 500 g/mol. The Balaban J connectivity index is 1.58. The van der Waals surface area contributed by atoms with Crippen LogP contribution in [0.15, 0.2) is 152 Å². The molecule has 0 fully saturated rings. The smallest absolute Gasteiger partial charge is 0.0546 e. The lowest BCUT2D eigenvalue weighted by Crippen LogP contribution is -2.11. The second-order valence-electron chi connectivity index (χ2n) is 9.88. The lowest BCUT2D eigenvalue weighted by molar-refractivity contribution is 1.22. The summed E-state index contributed by atoms with van der Waals surface area (Å²) in [5.41, 5.74) is 5.81. The summed E-state index contributed by atoms with van der Waals surface area (Å²) in [4.78, 5) is 4.67. The zero-order valence-corrected chi connectivity index (χ0v) is 21.8. The second-order valence-corrected chi connectivity index (χ2v) is 9.88. The number of fused-ring (bicyclic) bond motifs is 5. The van der Waals surface area contributed by atoms with Gasteiger partial charge in [0, 0.05) is 40.6 Å². The van der Waals surface area contributed by atoms with Crippen molar-refractivity contribution in [3.05, 3.63) is 152 Å². The summed E-state index contributed by atoms with van der Waals surface area (Å²) in [6.45, 7) is 0. The van der Waals surface area contributed by atoms with E-state index >= 15 is 0 Å². The molecule has 39 heavy (non-hydrogen) atoms. The van der Waals surface area contributed by atoms with E-state index in [0.717, 1.165) is 11.4 Å². The Kier molecular flexibility index (Phi) is 5.71. The molecule has 0 saturated carbocycles. The zero-order valence-electron chi connectivity index (χ0n) is 21.8. The SMILES string of the molecule is CN(c1ccccc1)c1cc2c3ccccc3c(N(c3ccccc3)c3ccccc3)cc2c2ccccc12. The number of anilines is 5. The number of rotatable bonds is 5. The molecule has 2 nitrogen and oxygen atoms in total. The Morgan fingerprint density at radius 2 is 0.692 bits per heavy atom. The molecule has 0 amide bonds. The standard InChI is InChI=1S/C37H28N2/c1-38(27-15-5-2-6-16-27)36-25-34-31-22-12-14-24-33(31)37(26-35(34)30-21-11-13-23-32(30)36)39(28-17-7-3-8-18-28)29-19-9-4-10-20-29/h2-26H,1H3. The van der Waals surface area contributed by atoms with Crippen LogP contribution in [0.2, 0.25) is 0 Å². The third kappa shape index (κ3) is 3.98. The summed E-state index contributed by atoms with van der Waals surface area (Å²) in [6, 6.07) is 54.2. The molecule has 2 heteroatoms. The minimum absolute atomic E-state index is 1.14. The largest absolute Gasteiger partial charge is 0.344 e. The Labute approximate surface area is 229 Å². The highest BCUT2D eigenvalue weighted by Gasteiger charge is 2.19. The number of benzene rings is 7. The summed E-state index contributed by atoms with van der Waals surface area (Å²) in [7, 11) is 2.16. The topological polar surface area (TPSA) is 6.48 Å². The maximum absolute atomic E-state index is 2.38. The van der Waals surface area contributed by atoms with Crippen molar-refractivity contribution in [3.63, 3.8) is 0 Å². The Hall–Kier alpha value is -5.08. The van der Waals surface area contributed by atoms with Crippen LogP contribution < -0.4 is 9.80 Å². The van der Waals surface area contributed by atoms with Crippen LogP contribution in [0, 0.1) is 0 Å². The van der Waals surface area contributed by atoms with E-state index in [1.165, 1.54) is 49.4 Å². The van der Waals surface area contributed by atoms with Crippen molar-refractivity contribution in [1.82, 2.24) is 0 Å². The van der Waals surface area contributed by atoms with E-state index in [1.54, 1.807) is 0 Å². The zero-order chi connectivity index (χ0) is 26.2. The number of para-hydroxylation sites is 3. The van der Waals surface area contributed by atoms with Gasteiger partial charge in [0.05, 0.1) is 5.69 Å². The van der Waals surface area contributed by atoms with Gasteiger partial charge in [0.25, 0.3) is 0 Å². The summed E-state index contributed by atoms with van der Waals surface area (Å²) < 4.78 is 0. The van der Waals surface area contributed by atoms with Crippen molar-refractivity contribution in [3.8, 4) is 0 Å². The van der Waals surface area contributed by atoms with Gasteiger partial charge in [-0.15, -0.1) is 0 Å². The van der Waals surface area contributed by atoms with Gasteiger partial charge in [-0.1, -0.05) is 103 Å². The van der Waals surface area contributed by atoms with Crippen LogP contribution in [0.3, 0.4) is 0 Å². The minimum Gasteiger partial charge on any atom is -0.344 e. The van der Waals surface area contributed by atoms with E-state index < -0.39 is 0 Å². The molecule has 0 atom stereocenters. The fourth-order valence-electron chi connectivity index (χ4n) is 5.75. The van der Waals surface area contributed by atoms with Gasteiger partial charge in [-0.05, 0) is 70.1 Å². The maximum Gasteiger partial charge on any atom is 0.0546 e. The first-order valence-electron chi connectivity index (χ1n) is 13.4. The molecule has 7 aromatic carbocycles. The first kappa shape index (κ1) is 23.1. The van der Waals surface area contributed by atoms with E-state index in [2.05, 4.69) is 169 Å². The molecule has 0 bridgehead atoms. The number of hydrogen-bond acceptors (Lipinski definition) is 2. The highest BCUT2D eigenvalue weighted by atomic mass is 15.1. The molecular formula is C37H28N2. The Morgan fingerprint density at radius 3 is 1.18 bits per heavy atom. The second kappa shape index (κ2) is 9.66. The van der Waals surface area contributed by atoms with Gasteiger partial charge < -0.3 is 9.80 Å². The van der Waals surface area contributed by atoms with E-state index in [-0.39, 0.29) is 0 Å². The van der Waals surface area contributed by atoms with E-state index in [4.69, 9.17) is 0 Å². The molecule has 0 radical (unpaired) electrons. The molecule has 7 aromatic rings. The normalized spacial score (nSPS) is 11.2. The van der Waals surface area contributed by atoms with E-state index in [1.807, 2.05) is 0 Å². The summed E-state index contributed by atoms with van der Waals surface area (Å²) in [6.07, 6.45) is 0. The quantitative estimate of drug-likeness (QED) is 0.217. The minimum atomic E-state index is 1.14. The molecule has 186 valence electrons. The van der Waals surface area contributed by atoms with Gasteiger partial charge >= 0.3 is 0 Å². The van der Waals surface area contributed by atoms with Crippen molar-refractivity contribution >= 4 is 60.8 Å². The van der Waals surface area contributed by atoms with Crippen LogP contribution >= 0.6 is 0 Å². The Morgan fingerprint density at radius 1 is 0.333 bits per heavy atom. The predicted octanol–water partition coefficient (Wildman–Crippen LogP) is 10.4. The predicted molar refractivity (Wildman–Crippen MR) is 168 cm³/mol. The molecular weight excluding hydrogens is 472 g/mol. The van der Waals surface area contributed by atoms with Crippen LogP contribution in [0.4, 0.5) is 28.4 Å². The Bertz CT molecular complexity index is 1870. The summed E-state index contributed by atoms with van der Waals surface area (Å²) >= 11 is 0. The maximum atomic E-state index is 2.38. The molecule has 0 aromatic heterocycles. The van der Waals surface area contributed by atoms with Crippen molar-refractivity contribution < 1.29 is 0 Å². The number of hydrogen-bond donors (Lipinski definition) is 0. The van der Waals surface area contributed by atoms with Gasteiger partial charge in [-0.3, -0.25) is 0 Å². The van der Waals surface area contributed by atoms with E-state index in [0.29, 0.717) is 0 Å². The average Bonchev–Trinajstić information content (AvgIpc) is 3.02. The fraction of sp³-hybridized carbons (Fsp3) is 0.0270. The van der Waals surface area contributed by atoms with Gasteiger partial charge in [0.1, 0.15) is 0 Å². The highest BCUT2D eigenvalue weighted by molar-refractivity contribution is 6.24. The first-order valence-corrected chi connectivity index (χ1v) is 13.4. The molecule has 7 rings (SSSR count). The van der Waals surface area contributed by atoms with Gasteiger partial charge in [-0.2, -0.15) is 0 Å². The summed E-state index contributed by atoms with van der Waals surface area (Å²) in [5, 5.41) is 7.47. The molecule has 0 heterocycles. The van der Waals surface area contributed by atoms with Crippen LogP contribution in [-0.4, -0.2) is 7.05 Å². The lowest BCUT2D eigenvalue weighted by Gasteiger charge is -2.28. The van der Waals surface area contributed by atoms with Crippen molar-refractivity contribution in [2.45, 2.75) is 0 Å². The van der Waals surface area contributed by atoms with Crippen LogP contribution in [0.5, 0.6) is 0 Å². The fourth-order valence-corrected chi connectivity index (χ4v) is 5.75. The molecule has 0 saturated heterocycles. The third-order valence-electron chi connectivity index (χ3n) is 7.61. The van der Waals surface area contributed by atoms with Crippen molar-refractivity contribution in [1.29, 1.82) is 0 Å². The third-order valence-corrected chi connectivity index (χ3v) is 7.61. The average molecular weight is 501 g/mol. The van der Waals surface area contributed by atoms with Crippen LogP contribution in [0.25, 0.3) is 32.3 Å². The van der Waals surface area contributed by atoms with Gasteiger partial charge in [0.2, 0.25) is 0 Å². The lowest BCUT2D eigenvalue weighted by atomic mass is 9.93. The number of nitrogens with zero attached hydrogens (tertiary/aromatic N) is 2. The summed E-state index contributed by atoms with van der Waals surface area (Å²) in [5.74, 6) is 0. The molecule has 0 aliphatic rings. The molecule has 0 unspecified atom stereocenters. The first-order chi connectivity index (χ1) is 19.3.